The molecule has 0 heterocycles. The molecule has 6 heteroatoms. The molecule has 0 aromatic rings. The largest absolute Gasteiger partial charge is 0.462 e. The molecule has 0 aliphatic carbocycles. The van der Waals surface area contributed by atoms with Gasteiger partial charge < -0.3 is 14.2 Å². The predicted octanol–water partition coefficient (Wildman–Crippen LogP) is 24.4. The summed E-state index contributed by atoms with van der Waals surface area (Å²) in [5.41, 5.74) is 0. The minimum Gasteiger partial charge on any atom is -0.462 e. The van der Waals surface area contributed by atoms with Crippen molar-refractivity contribution < 1.29 is 28.6 Å². The first-order chi connectivity index (χ1) is 40.0. The molecule has 0 bridgehead atoms. The van der Waals surface area contributed by atoms with E-state index in [-0.39, 0.29) is 31.1 Å². The van der Waals surface area contributed by atoms with Crippen LogP contribution in [0.15, 0.2) is 72.9 Å². The summed E-state index contributed by atoms with van der Waals surface area (Å²) in [5, 5.41) is 0. The second kappa shape index (κ2) is 69.3. The quantitative estimate of drug-likeness (QED) is 0.0261. The summed E-state index contributed by atoms with van der Waals surface area (Å²) in [6.45, 7) is 6.54. The molecule has 0 spiro atoms. The molecule has 0 amide bonds. The van der Waals surface area contributed by atoms with E-state index >= 15 is 0 Å². The van der Waals surface area contributed by atoms with Crippen LogP contribution in [0.2, 0.25) is 0 Å². The molecule has 0 radical (unpaired) electrons. The Hall–Kier alpha value is -3.15. The number of ether oxygens (including phenoxy) is 3. The summed E-state index contributed by atoms with van der Waals surface area (Å²) in [7, 11) is 0. The van der Waals surface area contributed by atoms with Crippen molar-refractivity contribution in [2.24, 2.45) is 0 Å². The van der Waals surface area contributed by atoms with Gasteiger partial charge in [-0.05, 0) is 83.5 Å². The van der Waals surface area contributed by atoms with E-state index < -0.39 is 6.10 Å². The number of rotatable bonds is 65. The van der Waals surface area contributed by atoms with Gasteiger partial charge in [-0.3, -0.25) is 14.4 Å². The maximum Gasteiger partial charge on any atom is 0.306 e. The van der Waals surface area contributed by atoms with Crippen molar-refractivity contribution in [1.29, 1.82) is 0 Å². The standard InChI is InChI=1S/C75H134O6/c1-4-7-10-13-16-19-22-24-26-28-30-31-32-33-34-35-36-37-38-39-40-41-42-43-45-46-48-50-53-56-59-62-65-68-74(77)80-71-72(70-79-73(76)67-64-61-58-55-52-21-18-15-12-9-6-3)81-75(78)69-66-63-60-57-54-51-49-47-44-29-27-25-23-20-17-14-11-8-5-2/h7,10,15-16,18-19,24,26,30-31,33-34,72H,4-6,8-9,11-14,17,20-23,25,27-29,32,35-71H2,1-3H3/b10-7-,18-15-,19-16-,26-24-,31-30-,34-33-. The predicted molar refractivity (Wildman–Crippen MR) is 353 cm³/mol. The second-order valence-corrected chi connectivity index (χ2v) is 23.8. The van der Waals surface area contributed by atoms with E-state index in [1.165, 1.54) is 231 Å². The summed E-state index contributed by atoms with van der Waals surface area (Å²) in [5.74, 6) is -0.859. The van der Waals surface area contributed by atoms with Crippen LogP contribution in [0, 0.1) is 0 Å². The minimum absolute atomic E-state index is 0.0720. The van der Waals surface area contributed by atoms with Gasteiger partial charge in [0.25, 0.3) is 0 Å². The first kappa shape index (κ1) is 77.9. The molecule has 470 valence electrons. The number of unbranched alkanes of at least 4 members (excludes halogenated alkanes) is 42. The molecule has 0 rings (SSSR count). The lowest BCUT2D eigenvalue weighted by Gasteiger charge is -2.18. The van der Waals surface area contributed by atoms with E-state index in [0.717, 1.165) is 96.3 Å². The Morgan fingerprint density at radius 1 is 0.259 bits per heavy atom. The number of hydrogen-bond donors (Lipinski definition) is 0. The lowest BCUT2D eigenvalue weighted by molar-refractivity contribution is -0.167. The lowest BCUT2D eigenvalue weighted by atomic mass is 10.0. The fourth-order valence-electron chi connectivity index (χ4n) is 10.4. The van der Waals surface area contributed by atoms with Gasteiger partial charge in [-0.25, -0.2) is 0 Å². The fourth-order valence-corrected chi connectivity index (χ4v) is 10.4. The lowest BCUT2D eigenvalue weighted by Crippen LogP contribution is -2.30. The first-order valence-corrected chi connectivity index (χ1v) is 35.4. The topological polar surface area (TPSA) is 78.9 Å². The van der Waals surface area contributed by atoms with Crippen LogP contribution in [0.4, 0.5) is 0 Å². The Morgan fingerprint density at radius 2 is 0.494 bits per heavy atom. The van der Waals surface area contributed by atoms with Crippen LogP contribution in [-0.4, -0.2) is 37.2 Å². The molecule has 0 aromatic heterocycles. The zero-order valence-corrected chi connectivity index (χ0v) is 54.1. The molecular weight excluding hydrogens is 997 g/mol. The average molecular weight is 1130 g/mol. The normalized spacial score (nSPS) is 12.5. The smallest absolute Gasteiger partial charge is 0.306 e. The van der Waals surface area contributed by atoms with Crippen molar-refractivity contribution in [3.63, 3.8) is 0 Å². The van der Waals surface area contributed by atoms with Crippen molar-refractivity contribution in [3.05, 3.63) is 72.9 Å². The number of carbonyl (C=O) groups excluding carboxylic acids is 3. The van der Waals surface area contributed by atoms with Gasteiger partial charge in [0.2, 0.25) is 0 Å². The molecule has 0 N–H and O–H groups in total. The Morgan fingerprint density at radius 3 is 0.802 bits per heavy atom. The summed E-state index contributed by atoms with van der Waals surface area (Å²) in [4.78, 5) is 38.3. The van der Waals surface area contributed by atoms with Crippen molar-refractivity contribution in [2.75, 3.05) is 13.2 Å². The van der Waals surface area contributed by atoms with Crippen molar-refractivity contribution >= 4 is 17.9 Å². The van der Waals surface area contributed by atoms with Crippen LogP contribution in [0.5, 0.6) is 0 Å². The SMILES string of the molecule is CC/C=C\C/C=C\C/C=C\C/C=C\C/C=C\CCCCCCCCCCCCCCCCCCCC(=O)OCC(COC(=O)CCCCCCC/C=C\CCCC)OC(=O)CCCCCCCCCCCCCCCCCCCCC. The van der Waals surface area contributed by atoms with E-state index in [1.807, 2.05) is 0 Å². The highest BCUT2D eigenvalue weighted by Gasteiger charge is 2.19. The number of carbonyl (C=O) groups is 3. The zero-order chi connectivity index (χ0) is 58.5. The molecule has 0 saturated heterocycles. The molecule has 81 heavy (non-hydrogen) atoms. The van der Waals surface area contributed by atoms with Crippen LogP contribution in [0.1, 0.15) is 367 Å². The highest BCUT2D eigenvalue weighted by molar-refractivity contribution is 5.71. The summed E-state index contributed by atoms with van der Waals surface area (Å²) in [6, 6.07) is 0. The average Bonchev–Trinajstić information content (AvgIpc) is 3.47. The third-order valence-corrected chi connectivity index (χ3v) is 15.7. The fraction of sp³-hybridized carbons (Fsp3) is 0.800. The van der Waals surface area contributed by atoms with E-state index in [9.17, 15) is 14.4 Å². The summed E-state index contributed by atoms with van der Waals surface area (Å²) in [6.07, 6.45) is 90.9. The zero-order valence-electron chi connectivity index (χ0n) is 54.1. The highest BCUT2D eigenvalue weighted by Crippen LogP contribution is 2.18. The van der Waals surface area contributed by atoms with E-state index in [1.54, 1.807) is 0 Å². The Labute approximate surface area is 503 Å². The molecule has 0 aromatic carbocycles. The van der Waals surface area contributed by atoms with Crippen LogP contribution < -0.4 is 0 Å². The van der Waals surface area contributed by atoms with Gasteiger partial charge in [0.1, 0.15) is 13.2 Å². The first-order valence-electron chi connectivity index (χ1n) is 35.4. The van der Waals surface area contributed by atoms with Crippen LogP contribution in [0.3, 0.4) is 0 Å². The monoisotopic (exact) mass is 1130 g/mol. The number of allylic oxidation sites excluding steroid dienone is 12. The molecule has 0 aliphatic heterocycles. The van der Waals surface area contributed by atoms with Gasteiger partial charge in [-0.15, -0.1) is 0 Å². The third kappa shape index (κ3) is 67.5. The highest BCUT2D eigenvalue weighted by atomic mass is 16.6. The maximum atomic E-state index is 12.9. The van der Waals surface area contributed by atoms with Gasteiger partial charge in [0, 0.05) is 19.3 Å². The maximum absolute atomic E-state index is 12.9. The number of hydrogen-bond acceptors (Lipinski definition) is 6. The van der Waals surface area contributed by atoms with Crippen molar-refractivity contribution in [1.82, 2.24) is 0 Å². The van der Waals surface area contributed by atoms with Gasteiger partial charge in [-0.2, -0.15) is 0 Å². The Balaban J connectivity index is 4.12. The molecule has 6 nitrogen and oxygen atoms in total. The van der Waals surface area contributed by atoms with Crippen molar-refractivity contribution in [2.45, 2.75) is 374 Å². The molecule has 1 atom stereocenters. The number of esters is 3. The molecule has 0 aliphatic rings. The molecule has 1 unspecified atom stereocenters. The Kier molecular flexibility index (Phi) is 66.6. The van der Waals surface area contributed by atoms with E-state index in [0.29, 0.717) is 19.3 Å². The molecule has 0 fully saturated rings. The third-order valence-electron chi connectivity index (χ3n) is 15.7. The Bertz CT molecular complexity index is 1490. The van der Waals surface area contributed by atoms with E-state index in [2.05, 4.69) is 93.7 Å². The van der Waals surface area contributed by atoms with Gasteiger partial charge >= 0.3 is 17.9 Å². The van der Waals surface area contributed by atoms with Crippen LogP contribution in [-0.2, 0) is 28.6 Å². The summed E-state index contributed by atoms with van der Waals surface area (Å²) >= 11 is 0. The van der Waals surface area contributed by atoms with Crippen LogP contribution >= 0.6 is 0 Å². The molecular formula is C75H134O6. The van der Waals surface area contributed by atoms with Gasteiger partial charge in [0.15, 0.2) is 6.10 Å². The van der Waals surface area contributed by atoms with Gasteiger partial charge in [0.05, 0.1) is 0 Å². The minimum atomic E-state index is -0.775. The summed E-state index contributed by atoms with van der Waals surface area (Å²) < 4.78 is 17.0. The van der Waals surface area contributed by atoms with E-state index in [4.69, 9.17) is 14.2 Å². The van der Waals surface area contributed by atoms with Gasteiger partial charge in [-0.1, -0.05) is 338 Å². The van der Waals surface area contributed by atoms with Crippen molar-refractivity contribution in [3.8, 4) is 0 Å². The second-order valence-electron chi connectivity index (χ2n) is 23.8. The molecule has 0 saturated carbocycles. The van der Waals surface area contributed by atoms with Crippen LogP contribution in [0.25, 0.3) is 0 Å².